The van der Waals surface area contributed by atoms with E-state index in [0.29, 0.717) is 6.61 Å². The Morgan fingerprint density at radius 2 is 1.27 bits per heavy atom. The fourth-order valence-corrected chi connectivity index (χ4v) is 3.75. The third-order valence-corrected chi connectivity index (χ3v) is 5.67. The van der Waals surface area contributed by atoms with E-state index >= 15 is 0 Å². The minimum Gasteiger partial charge on any atom is -0.466 e. The van der Waals surface area contributed by atoms with Crippen molar-refractivity contribution in [3.05, 3.63) is 0 Å². The Balaban J connectivity index is 1.76. The largest absolute Gasteiger partial charge is 0.466 e. The Hall–Kier alpha value is -1.59. The first-order valence-corrected chi connectivity index (χ1v) is 12.3. The molecule has 1 saturated heterocycles. The molecule has 6 nitrogen and oxygen atoms in total. The van der Waals surface area contributed by atoms with Gasteiger partial charge in [0.1, 0.15) is 6.04 Å². The molecule has 1 unspecified atom stereocenters. The maximum absolute atomic E-state index is 11.7. The molecule has 0 aromatic rings. The number of ether oxygens (including phenoxy) is 2. The number of rotatable bonds is 20. The van der Waals surface area contributed by atoms with Crippen LogP contribution in [0.5, 0.6) is 0 Å². The van der Waals surface area contributed by atoms with Crippen molar-refractivity contribution in [2.75, 3.05) is 6.61 Å². The van der Waals surface area contributed by atoms with E-state index in [1.54, 1.807) is 0 Å². The minimum absolute atomic E-state index is 0.110. The van der Waals surface area contributed by atoms with Crippen molar-refractivity contribution < 1.29 is 23.9 Å². The molecule has 0 saturated carbocycles. The summed E-state index contributed by atoms with van der Waals surface area (Å²) < 4.78 is 9.54. The predicted molar refractivity (Wildman–Crippen MR) is 118 cm³/mol. The van der Waals surface area contributed by atoms with Crippen LogP contribution in [0.2, 0.25) is 0 Å². The van der Waals surface area contributed by atoms with Crippen molar-refractivity contribution in [3.63, 3.8) is 0 Å². The number of carbonyl (C=O) groups excluding carboxylic acids is 3. The molecule has 1 N–H and O–H groups in total. The van der Waals surface area contributed by atoms with Crippen LogP contribution in [0.1, 0.15) is 122 Å². The monoisotopic (exact) mass is 425 g/mol. The normalized spacial score (nSPS) is 15.8. The molecule has 0 aliphatic carbocycles. The third-order valence-electron chi connectivity index (χ3n) is 5.67. The van der Waals surface area contributed by atoms with Gasteiger partial charge in [0.15, 0.2) is 0 Å². The lowest BCUT2D eigenvalue weighted by Crippen LogP contribution is -2.29. The summed E-state index contributed by atoms with van der Waals surface area (Å²) in [5.41, 5.74) is 0. The van der Waals surface area contributed by atoms with Crippen LogP contribution in [-0.4, -0.2) is 30.7 Å². The van der Waals surface area contributed by atoms with Gasteiger partial charge in [-0.25, -0.2) is 9.59 Å². The van der Waals surface area contributed by atoms with Gasteiger partial charge in [-0.1, -0.05) is 103 Å². The summed E-state index contributed by atoms with van der Waals surface area (Å²) in [6, 6.07) is -0.722. The molecular formula is C24H43NO5. The van der Waals surface area contributed by atoms with Crippen LogP contribution >= 0.6 is 0 Å². The van der Waals surface area contributed by atoms with Gasteiger partial charge in [-0.15, -0.1) is 0 Å². The SMILES string of the molecule is CCCCCCCCCCCCCCCCCCOC(=O)CCC1NC(=O)OC1=O. The Bertz CT molecular complexity index is 480. The van der Waals surface area contributed by atoms with Crippen molar-refractivity contribution in [1.82, 2.24) is 5.32 Å². The Morgan fingerprint density at radius 3 is 1.70 bits per heavy atom. The first-order chi connectivity index (χ1) is 14.6. The average molecular weight is 426 g/mol. The topological polar surface area (TPSA) is 81.7 Å². The van der Waals surface area contributed by atoms with Crippen molar-refractivity contribution in [2.45, 2.75) is 129 Å². The number of unbranched alkanes of at least 4 members (excludes halogenated alkanes) is 15. The summed E-state index contributed by atoms with van der Waals surface area (Å²) in [6.07, 6.45) is 20.6. The highest BCUT2D eigenvalue weighted by atomic mass is 16.6. The second kappa shape index (κ2) is 18.2. The molecule has 30 heavy (non-hydrogen) atoms. The van der Waals surface area contributed by atoms with Gasteiger partial charge < -0.3 is 14.8 Å². The van der Waals surface area contributed by atoms with Crippen molar-refractivity contribution in [3.8, 4) is 0 Å². The maximum atomic E-state index is 11.7. The lowest BCUT2D eigenvalue weighted by atomic mass is 10.0. The number of hydrogen-bond acceptors (Lipinski definition) is 5. The first kappa shape index (κ1) is 26.4. The summed E-state index contributed by atoms with van der Waals surface area (Å²) in [4.78, 5) is 33.8. The number of carbonyl (C=O) groups is 3. The quantitative estimate of drug-likeness (QED) is 0.142. The number of cyclic esters (lactones) is 2. The molecule has 1 heterocycles. The van der Waals surface area contributed by atoms with Gasteiger partial charge in [0.25, 0.3) is 0 Å². The highest BCUT2D eigenvalue weighted by molar-refractivity contribution is 5.95. The van der Waals surface area contributed by atoms with E-state index in [4.69, 9.17) is 4.74 Å². The molecule has 0 spiro atoms. The molecule has 6 heteroatoms. The summed E-state index contributed by atoms with van der Waals surface area (Å²) >= 11 is 0. The number of hydrogen-bond donors (Lipinski definition) is 1. The summed E-state index contributed by atoms with van der Waals surface area (Å²) in [5.74, 6) is -0.949. The second-order valence-electron chi connectivity index (χ2n) is 8.47. The van der Waals surface area contributed by atoms with E-state index in [2.05, 4.69) is 17.0 Å². The van der Waals surface area contributed by atoms with Crippen LogP contribution in [0.15, 0.2) is 0 Å². The Kier molecular flexibility index (Phi) is 16.0. The third kappa shape index (κ3) is 14.4. The molecule has 1 aliphatic rings. The lowest BCUT2D eigenvalue weighted by molar-refractivity contribution is -0.144. The van der Waals surface area contributed by atoms with E-state index in [1.165, 1.54) is 89.9 Å². The molecule has 1 fully saturated rings. The van der Waals surface area contributed by atoms with Gasteiger partial charge in [-0.2, -0.15) is 0 Å². The van der Waals surface area contributed by atoms with Crippen molar-refractivity contribution in [2.24, 2.45) is 0 Å². The highest BCUT2D eigenvalue weighted by Crippen LogP contribution is 2.14. The zero-order chi connectivity index (χ0) is 21.9. The molecule has 0 bridgehead atoms. The maximum Gasteiger partial charge on any atom is 0.415 e. The lowest BCUT2D eigenvalue weighted by Gasteiger charge is -2.07. The fourth-order valence-electron chi connectivity index (χ4n) is 3.75. The molecule has 1 atom stereocenters. The standard InChI is InChI=1S/C24H43NO5/c1-2-3-4-5-6-7-8-9-10-11-12-13-14-15-16-17-20-29-22(26)19-18-21-23(27)30-24(28)25-21/h21H,2-20H2,1H3,(H,25,28). The van der Waals surface area contributed by atoms with E-state index in [-0.39, 0.29) is 18.8 Å². The number of amides is 1. The second-order valence-corrected chi connectivity index (χ2v) is 8.47. The predicted octanol–water partition coefficient (Wildman–Crippen LogP) is 6.21. The molecule has 0 aromatic carbocycles. The highest BCUT2D eigenvalue weighted by Gasteiger charge is 2.32. The zero-order valence-electron chi connectivity index (χ0n) is 19.1. The van der Waals surface area contributed by atoms with E-state index in [9.17, 15) is 14.4 Å². The van der Waals surface area contributed by atoms with Crippen LogP contribution in [0.3, 0.4) is 0 Å². The molecule has 1 aliphatic heterocycles. The van der Waals surface area contributed by atoms with Gasteiger partial charge in [0.05, 0.1) is 6.61 Å². The number of nitrogens with one attached hydrogen (secondary N) is 1. The van der Waals surface area contributed by atoms with Crippen LogP contribution in [0, 0.1) is 0 Å². The van der Waals surface area contributed by atoms with Crippen LogP contribution in [-0.2, 0) is 19.1 Å². The zero-order valence-corrected chi connectivity index (χ0v) is 19.1. The van der Waals surface area contributed by atoms with Gasteiger partial charge >= 0.3 is 18.0 Å². The minimum atomic E-state index is -0.744. The smallest absolute Gasteiger partial charge is 0.415 e. The van der Waals surface area contributed by atoms with Gasteiger partial charge in [0, 0.05) is 6.42 Å². The van der Waals surface area contributed by atoms with Crippen molar-refractivity contribution >= 4 is 18.0 Å². The van der Waals surface area contributed by atoms with Gasteiger partial charge in [0.2, 0.25) is 0 Å². The number of alkyl carbamates (subject to hydrolysis) is 1. The molecule has 174 valence electrons. The Labute approximate surface area is 182 Å². The molecule has 0 aromatic heterocycles. The van der Waals surface area contributed by atoms with Crippen LogP contribution in [0.4, 0.5) is 4.79 Å². The first-order valence-electron chi connectivity index (χ1n) is 12.3. The van der Waals surface area contributed by atoms with Crippen molar-refractivity contribution in [1.29, 1.82) is 0 Å². The molecule has 1 rings (SSSR count). The van der Waals surface area contributed by atoms with E-state index in [1.807, 2.05) is 0 Å². The summed E-state index contributed by atoms with van der Waals surface area (Å²) in [7, 11) is 0. The molecule has 0 radical (unpaired) electrons. The summed E-state index contributed by atoms with van der Waals surface area (Å²) in [6.45, 7) is 2.70. The average Bonchev–Trinajstić information content (AvgIpc) is 3.05. The van der Waals surface area contributed by atoms with Gasteiger partial charge in [-0.05, 0) is 12.8 Å². The van der Waals surface area contributed by atoms with Gasteiger partial charge in [-0.3, -0.25) is 4.79 Å². The van der Waals surface area contributed by atoms with Crippen LogP contribution < -0.4 is 5.32 Å². The summed E-state index contributed by atoms with van der Waals surface area (Å²) in [5, 5.41) is 2.37. The van der Waals surface area contributed by atoms with Crippen LogP contribution in [0.25, 0.3) is 0 Å². The fraction of sp³-hybridized carbons (Fsp3) is 0.875. The molecular weight excluding hydrogens is 382 g/mol. The Morgan fingerprint density at radius 1 is 0.800 bits per heavy atom. The number of esters is 2. The van der Waals surface area contributed by atoms with E-state index in [0.717, 1.165) is 12.8 Å². The molecule has 1 amide bonds. The van der Waals surface area contributed by atoms with E-state index < -0.39 is 18.1 Å².